The van der Waals surface area contributed by atoms with Gasteiger partial charge in [-0.25, -0.2) is 9.97 Å². The number of hydrogen-bond donors (Lipinski definition) is 1. The Morgan fingerprint density at radius 3 is 2.55 bits per heavy atom. The molecule has 0 aromatic carbocycles. The summed E-state index contributed by atoms with van der Waals surface area (Å²) in [6, 6.07) is 6.80. The van der Waals surface area contributed by atoms with Gasteiger partial charge in [0.15, 0.2) is 0 Å². The van der Waals surface area contributed by atoms with E-state index in [9.17, 15) is 4.79 Å². The number of nitrogens with zero attached hydrogens (tertiary/aromatic N) is 2. The lowest BCUT2D eigenvalue weighted by molar-refractivity contribution is 0.1000. The molecular weight excluding hydrogens is 278 g/mol. The molecule has 0 aliphatic heterocycles. The molecule has 0 radical (unpaired) electrons. The molecule has 2 aromatic rings. The first-order valence-corrected chi connectivity index (χ1v) is 6.44. The smallest absolute Gasteiger partial charge is 0.251 e. The van der Waals surface area contributed by atoms with Crippen LogP contribution in [-0.4, -0.2) is 22.0 Å². The highest BCUT2D eigenvalue weighted by Gasteiger charge is 2.10. The molecule has 1 amide bonds. The number of carbonyl (C=O) groups is 1. The van der Waals surface area contributed by atoms with Gasteiger partial charge in [0.05, 0.1) is 17.4 Å². The molecule has 0 saturated heterocycles. The summed E-state index contributed by atoms with van der Waals surface area (Å²) in [4.78, 5) is 19.4. The number of ether oxygens (including phenoxy) is 1. The van der Waals surface area contributed by atoms with E-state index in [-0.39, 0.29) is 16.8 Å². The number of primary amides is 1. The molecule has 20 heavy (non-hydrogen) atoms. The maximum absolute atomic E-state index is 11.1. The zero-order valence-electron chi connectivity index (χ0n) is 11.1. The van der Waals surface area contributed by atoms with Crippen molar-refractivity contribution in [3.63, 3.8) is 0 Å². The van der Waals surface area contributed by atoms with Crippen LogP contribution in [0.4, 0.5) is 0 Å². The largest absolute Gasteiger partial charge is 0.475 e. The minimum atomic E-state index is -0.604. The van der Waals surface area contributed by atoms with Gasteiger partial charge in [0.25, 0.3) is 5.91 Å². The monoisotopic (exact) mass is 291 g/mol. The number of carbonyl (C=O) groups excluding carboxylic acids is 1. The van der Waals surface area contributed by atoms with E-state index in [1.54, 1.807) is 24.4 Å². The molecule has 2 heterocycles. The van der Waals surface area contributed by atoms with Gasteiger partial charge in [0.1, 0.15) is 5.15 Å². The lowest BCUT2D eigenvalue weighted by Gasteiger charge is -2.09. The van der Waals surface area contributed by atoms with Crippen molar-refractivity contribution >= 4 is 17.5 Å². The summed E-state index contributed by atoms with van der Waals surface area (Å²) in [7, 11) is 0. The van der Waals surface area contributed by atoms with Gasteiger partial charge in [-0.3, -0.25) is 4.79 Å². The van der Waals surface area contributed by atoms with Crippen molar-refractivity contribution in [3.8, 4) is 17.1 Å². The molecule has 2 N–H and O–H groups in total. The molecule has 2 rings (SSSR count). The zero-order chi connectivity index (χ0) is 14.7. The number of nitrogens with two attached hydrogens (primary N) is 1. The van der Waals surface area contributed by atoms with E-state index in [0.29, 0.717) is 11.6 Å². The number of amides is 1. The molecule has 6 heteroatoms. The van der Waals surface area contributed by atoms with Crippen molar-refractivity contribution in [2.24, 2.45) is 5.73 Å². The van der Waals surface area contributed by atoms with Crippen molar-refractivity contribution in [2.45, 2.75) is 20.0 Å². The van der Waals surface area contributed by atoms with Crippen LogP contribution < -0.4 is 10.5 Å². The highest BCUT2D eigenvalue weighted by Crippen LogP contribution is 2.22. The number of hydrogen-bond acceptors (Lipinski definition) is 4. The standard InChI is InChI=1S/C14H14ClN3O2/c1-8(2)20-12-6-3-9(7-17-12)11-5-4-10(14(16)19)13(15)18-11/h3-8H,1-2H3,(H2,16,19). The Labute approximate surface area is 121 Å². The first-order valence-electron chi connectivity index (χ1n) is 6.07. The van der Waals surface area contributed by atoms with Gasteiger partial charge in [-0.05, 0) is 32.0 Å². The third kappa shape index (κ3) is 3.24. The molecule has 0 spiro atoms. The molecule has 0 bridgehead atoms. The summed E-state index contributed by atoms with van der Waals surface area (Å²) in [5.74, 6) is -0.0588. The Morgan fingerprint density at radius 1 is 1.30 bits per heavy atom. The predicted octanol–water partition coefficient (Wildman–Crippen LogP) is 2.68. The summed E-state index contributed by atoms with van der Waals surface area (Å²) < 4.78 is 5.46. The lowest BCUT2D eigenvalue weighted by Crippen LogP contribution is -2.12. The van der Waals surface area contributed by atoms with E-state index in [0.717, 1.165) is 5.56 Å². The van der Waals surface area contributed by atoms with Crippen LogP contribution in [0.2, 0.25) is 5.15 Å². The minimum Gasteiger partial charge on any atom is -0.475 e. The van der Waals surface area contributed by atoms with Crippen molar-refractivity contribution in [3.05, 3.63) is 41.2 Å². The van der Waals surface area contributed by atoms with Gasteiger partial charge >= 0.3 is 0 Å². The molecule has 0 aliphatic rings. The quantitative estimate of drug-likeness (QED) is 0.879. The summed E-state index contributed by atoms with van der Waals surface area (Å²) in [5.41, 5.74) is 6.77. The first kappa shape index (κ1) is 14.3. The highest BCUT2D eigenvalue weighted by atomic mass is 35.5. The Morgan fingerprint density at radius 2 is 2.05 bits per heavy atom. The van der Waals surface area contributed by atoms with Crippen molar-refractivity contribution in [1.82, 2.24) is 9.97 Å². The van der Waals surface area contributed by atoms with E-state index in [1.807, 2.05) is 19.9 Å². The van der Waals surface area contributed by atoms with Crippen LogP contribution in [0, 0.1) is 0 Å². The average molecular weight is 292 g/mol. The molecule has 2 aromatic heterocycles. The second-order valence-electron chi connectivity index (χ2n) is 4.45. The molecule has 5 nitrogen and oxygen atoms in total. The Bertz CT molecular complexity index is 627. The van der Waals surface area contributed by atoms with Crippen molar-refractivity contribution < 1.29 is 9.53 Å². The SMILES string of the molecule is CC(C)Oc1ccc(-c2ccc(C(N)=O)c(Cl)n2)cn1. The van der Waals surface area contributed by atoms with Crippen molar-refractivity contribution in [1.29, 1.82) is 0 Å². The van der Waals surface area contributed by atoms with Crippen LogP contribution in [0.3, 0.4) is 0 Å². The third-order valence-corrected chi connectivity index (χ3v) is 2.79. The molecule has 0 aliphatic carbocycles. The van der Waals surface area contributed by atoms with Gasteiger partial charge in [-0.1, -0.05) is 11.6 Å². The van der Waals surface area contributed by atoms with Crippen LogP contribution in [0.1, 0.15) is 24.2 Å². The second-order valence-corrected chi connectivity index (χ2v) is 4.81. The minimum absolute atomic E-state index is 0.0655. The van der Waals surface area contributed by atoms with E-state index in [2.05, 4.69) is 9.97 Å². The van der Waals surface area contributed by atoms with E-state index in [1.165, 1.54) is 0 Å². The molecule has 0 atom stereocenters. The second kappa shape index (κ2) is 5.88. The Kier molecular flexibility index (Phi) is 4.20. The van der Waals surface area contributed by atoms with Crippen molar-refractivity contribution in [2.75, 3.05) is 0 Å². The fourth-order valence-electron chi connectivity index (χ4n) is 1.62. The molecule has 0 unspecified atom stereocenters. The lowest BCUT2D eigenvalue weighted by atomic mass is 10.1. The fourth-order valence-corrected chi connectivity index (χ4v) is 1.87. The normalized spacial score (nSPS) is 10.6. The van der Waals surface area contributed by atoms with E-state index >= 15 is 0 Å². The highest BCUT2D eigenvalue weighted by molar-refractivity contribution is 6.32. The summed E-state index contributed by atoms with van der Waals surface area (Å²) in [6.07, 6.45) is 1.70. The van der Waals surface area contributed by atoms with E-state index in [4.69, 9.17) is 22.1 Å². The van der Waals surface area contributed by atoms with Crippen LogP contribution in [-0.2, 0) is 0 Å². The number of aromatic nitrogens is 2. The summed E-state index contributed by atoms with van der Waals surface area (Å²) in [6.45, 7) is 3.86. The third-order valence-electron chi connectivity index (χ3n) is 2.50. The van der Waals surface area contributed by atoms with Crippen LogP contribution in [0.15, 0.2) is 30.5 Å². The topological polar surface area (TPSA) is 78.1 Å². The fraction of sp³-hybridized carbons (Fsp3) is 0.214. The van der Waals surface area contributed by atoms with Gasteiger partial charge in [-0.15, -0.1) is 0 Å². The maximum atomic E-state index is 11.1. The first-order chi connectivity index (χ1) is 9.47. The molecular formula is C14H14ClN3O2. The van der Waals surface area contributed by atoms with Crippen LogP contribution in [0.25, 0.3) is 11.3 Å². The summed E-state index contributed by atoms with van der Waals surface area (Å²) >= 11 is 5.92. The van der Waals surface area contributed by atoms with Gasteiger partial charge in [0, 0.05) is 17.8 Å². The molecule has 0 fully saturated rings. The number of rotatable bonds is 4. The number of halogens is 1. The Hall–Kier alpha value is -2.14. The average Bonchev–Trinajstić information content (AvgIpc) is 2.38. The number of pyridine rings is 2. The maximum Gasteiger partial charge on any atom is 0.251 e. The van der Waals surface area contributed by atoms with Gasteiger partial charge < -0.3 is 10.5 Å². The van der Waals surface area contributed by atoms with Crippen LogP contribution in [0.5, 0.6) is 5.88 Å². The zero-order valence-corrected chi connectivity index (χ0v) is 11.9. The van der Waals surface area contributed by atoms with E-state index < -0.39 is 5.91 Å². The summed E-state index contributed by atoms with van der Waals surface area (Å²) in [5, 5.41) is 0.0810. The molecule has 0 saturated carbocycles. The van der Waals surface area contributed by atoms with Gasteiger partial charge in [0.2, 0.25) is 5.88 Å². The van der Waals surface area contributed by atoms with Gasteiger partial charge in [-0.2, -0.15) is 0 Å². The Balaban J connectivity index is 2.28. The van der Waals surface area contributed by atoms with Crippen LogP contribution >= 0.6 is 11.6 Å². The molecule has 104 valence electrons. The predicted molar refractivity (Wildman–Crippen MR) is 76.8 cm³/mol.